The molecule has 2 aromatic carbocycles. The van der Waals surface area contributed by atoms with E-state index in [-0.39, 0.29) is 0 Å². The quantitative estimate of drug-likeness (QED) is 0.677. The van der Waals surface area contributed by atoms with Gasteiger partial charge in [-0.15, -0.1) is 0 Å². The number of carbonyl (C=O) groups is 1. The molecule has 1 aliphatic rings. The Labute approximate surface area is 143 Å². The maximum absolute atomic E-state index is 12.3. The molecule has 1 nitrogen and oxygen atoms in total. The number of halogens is 1. The monoisotopic (exact) mass is 326 g/mol. The Morgan fingerprint density at radius 1 is 0.913 bits per heavy atom. The molecule has 3 rings (SSSR count). The molecule has 1 saturated carbocycles. The van der Waals surface area contributed by atoms with Gasteiger partial charge in [0.1, 0.15) is 5.78 Å². The van der Waals surface area contributed by atoms with Gasteiger partial charge in [-0.3, -0.25) is 4.79 Å². The van der Waals surface area contributed by atoms with Gasteiger partial charge in [-0.05, 0) is 60.8 Å². The predicted octanol–water partition coefficient (Wildman–Crippen LogP) is 5.82. The summed E-state index contributed by atoms with van der Waals surface area (Å²) in [6.07, 6.45) is 6.03. The molecule has 0 bridgehead atoms. The third kappa shape index (κ3) is 4.68. The third-order valence-electron chi connectivity index (χ3n) is 4.95. The van der Waals surface area contributed by atoms with Crippen molar-refractivity contribution in [2.45, 2.75) is 44.4 Å². The molecule has 0 amide bonds. The van der Waals surface area contributed by atoms with Crippen molar-refractivity contribution in [2.75, 3.05) is 0 Å². The average Bonchev–Trinajstić information content (AvgIpc) is 2.58. The van der Waals surface area contributed by atoms with E-state index in [4.69, 9.17) is 11.6 Å². The highest BCUT2D eigenvalue weighted by Gasteiger charge is 2.23. The van der Waals surface area contributed by atoms with Gasteiger partial charge in [0.05, 0.1) is 0 Å². The summed E-state index contributed by atoms with van der Waals surface area (Å²) in [5, 5.41) is 0.723. The minimum Gasteiger partial charge on any atom is -0.299 e. The second kappa shape index (κ2) is 7.79. The molecular weight excluding hydrogens is 304 g/mol. The lowest BCUT2D eigenvalue weighted by atomic mass is 9.77. The fourth-order valence-corrected chi connectivity index (χ4v) is 3.78. The molecule has 0 unspecified atom stereocenters. The fourth-order valence-electron chi connectivity index (χ4n) is 3.65. The predicted molar refractivity (Wildman–Crippen MR) is 95.9 cm³/mol. The standard InChI is InChI=1S/C21H23ClO/c22-20-12-8-17(9-13-20)15-21(23)14-16-6-10-19(11-7-16)18-4-2-1-3-5-18/h1-5,8-9,12-13,16,19H,6-7,10-11,14-15H2. The van der Waals surface area contributed by atoms with Crippen molar-refractivity contribution in [3.8, 4) is 0 Å². The van der Waals surface area contributed by atoms with Gasteiger partial charge < -0.3 is 0 Å². The van der Waals surface area contributed by atoms with Crippen LogP contribution in [0.4, 0.5) is 0 Å². The first kappa shape index (κ1) is 16.3. The van der Waals surface area contributed by atoms with Crippen LogP contribution in [0, 0.1) is 5.92 Å². The van der Waals surface area contributed by atoms with Gasteiger partial charge in [0.2, 0.25) is 0 Å². The van der Waals surface area contributed by atoms with Gasteiger partial charge in [-0.1, -0.05) is 54.1 Å². The number of ketones is 1. The van der Waals surface area contributed by atoms with Crippen LogP contribution in [0.5, 0.6) is 0 Å². The minimum atomic E-state index is 0.357. The highest BCUT2D eigenvalue weighted by Crippen LogP contribution is 2.37. The number of benzene rings is 2. The molecule has 0 radical (unpaired) electrons. The van der Waals surface area contributed by atoms with Crippen LogP contribution in [0.2, 0.25) is 5.02 Å². The van der Waals surface area contributed by atoms with Crippen LogP contribution in [0.3, 0.4) is 0 Å². The molecule has 0 aromatic heterocycles. The summed E-state index contributed by atoms with van der Waals surface area (Å²) < 4.78 is 0. The van der Waals surface area contributed by atoms with Crippen LogP contribution in [0.25, 0.3) is 0 Å². The summed E-state index contributed by atoms with van der Waals surface area (Å²) in [6, 6.07) is 18.4. The average molecular weight is 327 g/mol. The summed E-state index contributed by atoms with van der Waals surface area (Å²) in [4.78, 5) is 12.3. The normalized spacial score (nSPS) is 21.1. The Kier molecular flexibility index (Phi) is 5.51. The number of hydrogen-bond acceptors (Lipinski definition) is 1. The van der Waals surface area contributed by atoms with E-state index in [0.717, 1.165) is 17.0 Å². The smallest absolute Gasteiger partial charge is 0.137 e. The molecular formula is C21H23ClO. The van der Waals surface area contributed by atoms with E-state index in [9.17, 15) is 4.79 Å². The summed E-state index contributed by atoms with van der Waals surface area (Å²) in [6.45, 7) is 0. The van der Waals surface area contributed by atoms with Crippen LogP contribution in [-0.4, -0.2) is 5.78 Å². The highest BCUT2D eigenvalue weighted by molar-refractivity contribution is 6.30. The second-order valence-corrected chi connectivity index (χ2v) is 7.11. The Balaban J connectivity index is 1.47. The van der Waals surface area contributed by atoms with E-state index in [1.54, 1.807) is 0 Å². The second-order valence-electron chi connectivity index (χ2n) is 6.67. The Bertz CT molecular complexity index is 625. The number of rotatable bonds is 5. The largest absolute Gasteiger partial charge is 0.299 e. The third-order valence-corrected chi connectivity index (χ3v) is 5.20. The van der Waals surface area contributed by atoms with Crippen LogP contribution in [-0.2, 0) is 11.2 Å². The van der Waals surface area contributed by atoms with Gasteiger partial charge >= 0.3 is 0 Å². The summed E-state index contributed by atoms with van der Waals surface area (Å²) in [7, 11) is 0. The topological polar surface area (TPSA) is 17.1 Å². The summed E-state index contributed by atoms with van der Waals surface area (Å²) >= 11 is 5.88. The zero-order valence-electron chi connectivity index (χ0n) is 13.4. The molecule has 0 atom stereocenters. The van der Waals surface area contributed by atoms with Gasteiger partial charge in [-0.2, -0.15) is 0 Å². The van der Waals surface area contributed by atoms with E-state index in [0.29, 0.717) is 24.0 Å². The van der Waals surface area contributed by atoms with E-state index >= 15 is 0 Å². The van der Waals surface area contributed by atoms with Crippen molar-refractivity contribution < 1.29 is 4.79 Å². The van der Waals surface area contributed by atoms with E-state index in [2.05, 4.69) is 30.3 Å². The lowest BCUT2D eigenvalue weighted by Crippen LogP contribution is -2.17. The minimum absolute atomic E-state index is 0.357. The lowest BCUT2D eigenvalue weighted by Gasteiger charge is -2.28. The van der Waals surface area contributed by atoms with Gasteiger partial charge in [0.25, 0.3) is 0 Å². The molecule has 1 fully saturated rings. The van der Waals surface area contributed by atoms with Crippen LogP contribution in [0.15, 0.2) is 54.6 Å². The van der Waals surface area contributed by atoms with E-state index in [1.807, 2.05) is 24.3 Å². The Hall–Kier alpha value is -1.60. The zero-order valence-corrected chi connectivity index (χ0v) is 14.1. The lowest BCUT2D eigenvalue weighted by molar-refractivity contribution is -0.119. The highest BCUT2D eigenvalue weighted by atomic mass is 35.5. The van der Waals surface area contributed by atoms with Crippen molar-refractivity contribution in [1.29, 1.82) is 0 Å². The number of hydrogen-bond donors (Lipinski definition) is 0. The number of carbonyl (C=O) groups excluding carboxylic acids is 1. The molecule has 0 heterocycles. The first-order chi connectivity index (χ1) is 11.2. The van der Waals surface area contributed by atoms with Crippen molar-refractivity contribution in [3.63, 3.8) is 0 Å². The first-order valence-corrected chi connectivity index (χ1v) is 8.89. The molecule has 23 heavy (non-hydrogen) atoms. The fraction of sp³-hybridized carbons (Fsp3) is 0.381. The SMILES string of the molecule is O=C(Cc1ccc(Cl)cc1)CC1CCC(c2ccccc2)CC1. The van der Waals surface area contributed by atoms with Crippen molar-refractivity contribution in [3.05, 3.63) is 70.7 Å². The molecule has 2 aromatic rings. The van der Waals surface area contributed by atoms with Crippen molar-refractivity contribution >= 4 is 17.4 Å². The van der Waals surface area contributed by atoms with Crippen LogP contribution in [0.1, 0.15) is 49.1 Å². The van der Waals surface area contributed by atoms with Gasteiger partial charge in [0.15, 0.2) is 0 Å². The maximum Gasteiger partial charge on any atom is 0.137 e. The molecule has 0 aliphatic heterocycles. The molecule has 0 N–H and O–H groups in total. The summed E-state index contributed by atoms with van der Waals surface area (Å²) in [5.41, 5.74) is 2.52. The molecule has 0 saturated heterocycles. The summed E-state index contributed by atoms with van der Waals surface area (Å²) in [5.74, 6) is 1.60. The molecule has 120 valence electrons. The first-order valence-electron chi connectivity index (χ1n) is 8.52. The Morgan fingerprint density at radius 3 is 2.22 bits per heavy atom. The van der Waals surface area contributed by atoms with Crippen molar-refractivity contribution in [2.24, 2.45) is 5.92 Å². The van der Waals surface area contributed by atoms with E-state index in [1.165, 1.54) is 31.2 Å². The zero-order chi connectivity index (χ0) is 16.1. The van der Waals surface area contributed by atoms with Crippen LogP contribution < -0.4 is 0 Å². The molecule has 2 heteroatoms. The number of Topliss-reactive ketones (excluding diaryl/α,β-unsaturated/α-hetero) is 1. The van der Waals surface area contributed by atoms with Crippen molar-refractivity contribution in [1.82, 2.24) is 0 Å². The van der Waals surface area contributed by atoms with Gasteiger partial charge in [-0.25, -0.2) is 0 Å². The van der Waals surface area contributed by atoms with Gasteiger partial charge in [0, 0.05) is 17.9 Å². The maximum atomic E-state index is 12.3. The Morgan fingerprint density at radius 2 is 1.57 bits per heavy atom. The van der Waals surface area contributed by atoms with Crippen LogP contribution >= 0.6 is 11.6 Å². The molecule has 0 spiro atoms. The molecule has 1 aliphatic carbocycles. The van der Waals surface area contributed by atoms with E-state index < -0.39 is 0 Å².